The number of hydrogen-bond acceptors (Lipinski definition) is 1. The highest BCUT2D eigenvalue weighted by Crippen LogP contribution is 2.64. The minimum Gasteiger partial charge on any atom is -0.418 e. The van der Waals surface area contributed by atoms with Crippen LogP contribution in [0.3, 0.4) is 0 Å². The van der Waals surface area contributed by atoms with E-state index in [2.05, 4.69) is 109 Å². The molecule has 2 unspecified atom stereocenters. The lowest BCUT2D eigenvalue weighted by atomic mass is 9.99. The molecule has 0 aromatic heterocycles. The molecule has 1 fully saturated rings. The fourth-order valence-electron chi connectivity index (χ4n) is 4.81. The molecule has 170 valence electrons. The summed E-state index contributed by atoms with van der Waals surface area (Å²) in [7, 11) is -7.72. The van der Waals surface area contributed by atoms with Crippen molar-refractivity contribution in [2.24, 2.45) is 0 Å². The number of hydrogen-bond donors (Lipinski definition) is 0. The summed E-state index contributed by atoms with van der Waals surface area (Å²) in [6.45, 7) is 0. The Labute approximate surface area is 193 Å². The van der Waals surface area contributed by atoms with Crippen LogP contribution in [0.1, 0.15) is 25.7 Å². The molecule has 0 heterocycles. The normalized spacial score (nSPS) is 19.0. The Balaban J connectivity index is 0.000000523. The van der Waals surface area contributed by atoms with Gasteiger partial charge in [0, 0.05) is 5.25 Å². The summed E-state index contributed by atoms with van der Waals surface area (Å²) in [6, 6.07) is 34.2. The molecule has 0 amide bonds. The molecule has 32 heavy (non-hydrogen) atoms. The van der Waals surface area contributed by atoms with Crippen molar-refractivity contribution < 1.29 is 17.3 Å². The zero-order valence-corrected chi connectivity index (χ0v) is 19.8. The van der Waals surface area contributed by atoms with Gasteiger partial charge in [0.15, 0.2) is 0 Å². The second-order valence-corrected chi connectivity index (χ2v) is 12.6. The molecule has 0 bridgehead atoms. The third kappa shape index (κ3) is 5.96. The molecule has 4 rings (SSSR count). The topological polar surface area (TPSA) is 0 Å². The summed E-state index contributed by atoms with van der Waals surface area (Å²) in [5, 5.41) is 5.34. The lowest BCUT2D eigenvalue weighted by Gasteiger charge is -2.40. The van der Waals surface area contributed by atoms with Crippen LogP contribution in [-0.2, 0) is 0 Å². The standard InChI is InChI=1S/C25H28PS.BF4/c1-27-25-20-12-11-19-24(25)26(21-13-5-2-6-14-21,22-15-7-3-8-16-22)23-17-9-4-10-18-23;2-1(3,4)5/h2-10,13-18,24-25H,11-12,19-20H2,1H3;/q+1;-1. The van der Waals surface area contributed by atoms with Crippen molar-refractivity contribution in [3.8, 4) is 0 Å². The van der Waals surface area contributed by atoms with E-state index in [1.807, 2.05) is 0 Å². The highest BCUT2D eigenvalue weighted by atomic mass is 32.2. The van der Waals surface area contributed by atoms with E-state index in [0.717, 1.165) is 5.25 Å². The Morgan fingerprint density at radius 1 is 0.656 bits per heavy atom. The fraction of sp³-hybridized carbons (Fsp3) is 0.280. The van der Waals surface area contributed by atoms with Gasteiger partial charge in [0.2, 0.25) is 0 Å². The number of thioether (sulfide) groups is 1. The van der Waals surface area contributed by atoms with E-state index in [-0.39, 0.29) is 0 Å². The fourth-order valence-corrected chi connectivity index (χ4v) is 11.8. The van der Waals surface area contributed by atoms with E-state index in [9.17, 15) is 17.3 Å². The van der Waals surface area contributed by atoms with E-state index >= 15 is 0 Å². The van der Waals surface area contributed by atoms with Crippen molar-refractivity contribution in [3.63, 3.8) is 0 Å². The summed E-state index contributed by atoms with van der Waals surface area (Å²) in [6.07, 6.45) is 7.73. The Kier molecular flexibility index (Phi) is 8.84. The van der Waals surface area contributed by atoms with Crippen molar-refractivity contribution in [2.75, 3.05) is 6.26 Å². The Hall–Kier alpha value is -1.78. The average Bonchev–Trinajstić information content (AvgIpc) is 2.81. The number of rotatable bonds is 5. The first-order chi connectivity index (χ1) is 15.4. The number of halogens is 4. The smallest absolute Gasteiger partial charge is 0.418 e. The molecule has 1 aliphatic carbocycles. The lowest BCUT2D eigenvalue weighted by molar-refractivity contribution is 0.368. The van der Waals surface area contributed by atoms with E-state index in [1.54, 1.807) is 0 Å². The zero-order chi connectivity index (χ0) is 23.0. The molecule has 3 aromatic carbocycles. The molecule has 1 saturated carbocycles. The molecule has 0 nitrogen and oxygen atoms in total. The van der Waals surface area contributed by atoms with Crippen molar-refractivity contribution in [2.45, 2.75) is 36.6 Å². The third-order valence-electron chi connectivity index (χ3n) is 5.96. The van der Waals surface area contributed by atoms with Gasteiger partial charge in [-0.25, -0.2) is 0 Å². The summed E-state index contributed by atoms with van der Waals surface area (Å²) >= 11 is 2.09. The average molecular weight is 478 g/mol. The van der Waals surface area contributed by atoms with Gasteiger partial charge < -0.3 is 17.3 Å². The lowest BCUT2D eigenvalue weighted by Crippen LogP contribution is -2.44. The maximum Gasteiger partial charge on any atom is 0.673 e. The van der Waals surface area contributed by atoms with Crippen LogP contribution in [0.2, 0.25) is 0 Å². The molecule has 0 aliphatic heterocycles. The first-order valence-electron chi connectivity index (χ1n) is 10.8. The van der Waals surface area contributed by atoms with E-state index < -0.39 is 14.5 Å². The predicted octanol–water partition coefficient (Wildman–Crippen LogP) is 6.95. The molecule has 1 aliphatic rings. The highest BCUT2D eigenvalue weighted by molar-refractivity contribution is 8.01. The molecule has 3 aromatic rings. The van der Waals surface area contributed by atoms with Crippen molar-refractivity contribution in [1.29, 1.82) is 0 Å². The van der Waals surface area contributed by atoms with Crippen molar-refractivity contribution in [3.05, 3.63) is 91.0 Å². The zero-order valence-electron chi connectivity index (χ0n) is 18.1. The first kappa shape index (κ1) is 24.9. The number of benzene rings is 3. The van der Waals surface area contributed by atoms with Crippen LogP contribution in [0, 0.1) is 0 Å². The summed E-state index contributed by atoms with van der Waals surface area (Å²) < 4.78 is 39.0. The summed E-state index contributed by atoms with van der Waals surface area (Å²) in [4.78, 5) is 0. The molecule has 0 N–H and O–H groups in total. The SMILES string of the molecule is CSC1CCCCC1[P+](c1ccccc1)(c1ccccc1)c1ccccc1.F[B-](F)(F)F. The van der Waals surface area contributed by atoms with Crippen LogP contribution >= 0.6 is 19.0 Å². The molecule has 7 heteroatoms. The second-order valence-electron chi connectivity index (χ2n) is 7.85. The van der Waals surface area contributed by atoms with Gasteiger partial charge in [-0.1, -0.05) is 61.0 Å². The quantitative estimate of drug-likeness (QED) is 0.217. The molecule has 0 saturated heterocycles. The molecule has 0 spiro atoms. The van der Waals surface area contributed by atoms with Crippen LogP contribution in [0.4, 0.5) is 17.3 Å². The van der Waals surface area contributed by atoms with E-state index in [4.69, 9.17) is 0 Å². The van der Waals surface area contributed by atoms with Crippen LogP contribution in [0.15, 0.2) is 91.0 Å². The van der Waals surface area contributed by atoms with E-state index in [0.29, 0.717) is 5.66 Å². The summed E-state index contributed by atoms with van der Waals surface area (Å²) in [5.74, 6) is 0. The molecule has 2 atom stereocenters. The minimum atomic E-state index is -6.00. The molecule has 0 radical (unpaired) electrons. The highest BCUT2D eigenvalue weighted by Gasteiger charge is 2.55. The van der Waals surface area contributed by atoms with Gasteiger partial charge in [-0.3, -0.25) is 0 Å². The molecular formula is C25H28BF4PS. The van der Waals surface area contributed by atoms with Crippen molar-refractivity contribution in [1.82, 2.24) is 0 Å². The van der Waals surface area contributed by atoms with Gasteiger partial charge in [-0.05, 0) is 61.9 Å². The Morgan fingerprint density at radius 3 is 1.34 bits per heavy atom. The first-order valence-corrected chi connectivity index (χ1v) is 14.0. The maximum atomic E-state index is 9.75. The molecular weight excluding hydrogens is 450 g/mol. The predicted molar refractivity (Wildman–Crippen MR) is 135 cm³/mol. The van der Waals surface area contributed by atoms with Gasteiger partial charge in [0.05, 0.1) is 5.66 Å². The van der Waals surface area contributed by atoms with Gasteiger partial charge in [-0.15, -0.1) is 0 Å². The third-order valence-corrected chi connectivity index (χ3v) is 12.3. The Bertz CT molecular complexity index is 836. The van der Waals surface area contributed by atoms with Gasteiger partial charge >= 0.3 is 7.25 Å². The van der Waals surface area contributed by atoms with Gasteiger partial charge in [0.1, 0.15) is 23.2 Å². The van der Waals surface area contributed by atoms with Crippen LogP contribution in [0.5, 0.6) is 0 Å². The summed E-state index contributed by atoms with van der Waals surface area (Å²) in [5.41, 5.74) is 0.702. The monoisotopic (exact) mass is 478 g/mol. The minimum absolute atomic E-state index is 0.702. The van der Waals surface area contributed by atoms with Gasteiger partial charge in [-0.2, -0.15) is 11.8 Å². The van der Waals surface area contributed by atoms with E-state index in [1.165, 1.54) is 41.6 Å². The van der Waals surface area contributed by atoms with Crippen LogP contribution < -0.4 is 15.9 Å². The van der Waals surface area contributed by atoms with Crippen molar-refractivity contribution >= 4 is 42.2 Å². The van der Waals surface area contributed by atoms with Gasteiger partial charge in [0.25, 0.3) is 0 Å². The largest absolute Gasteiger partial charge is 0.673 e. The van der Waals surface area contributed by atoms with Crippen LogP contribution in [-0.4, -0.2) is 24.4 Å². The second kappa shape index (κ2) is 11.4. The Morgan fingerprint density at radius 2 is 1.00 bits per heavy atom. The van der Waals surface area contributed by atoms with Crippen LogP contribution in [0.25, 0.3) is 0 Å². The maximum absolute atomic E-state index is 9.75.